The molecule has 3 N–H and O–H groups in total. The number of piperidine rings is 1. The van der Waals surface area contributed by atoms with Crippen LogP contribution < -0.4 is 5.56 Å². The fraction of sp³-hybridized carbons (Fsp3) is 0.452. The molecule has 0 unspecified atom stereocenters. The van der Waals surface area contributed by atoms with Crippen molar-refractivity contribution in [2.24, 2.45) is 5.41 Å². The molecular weight excluding hydrogens is 578 g/mol. The minimum absolute atomic E-state index is 0.0234. The highest BCUT2D eigenvalue weighted by Gasteiger charge is 2.56. The molecule has 3 aromatic rings. The lowest BCUT2D eigenvalue weighted by Crippen LogP contribution is -2.64. The molecule has 0 radical (unpaired) electrons. The summed E-state index contributed by atoms with van der Waals surface area (Å²) in [5.41, 5.74) is -0.946. The second-order valence-electron chi connectivity index (χ2n) is 12.1. The highest BCUT2D eigenvalue weighted by molar-refractivity contribution is 8.24. The van der Waals surface area contributed by atoms with E-state index in [4.69, 9.17) is 0 Å². The van der Waals surface area contributed by atoms with Crippen molar-refractivity contribution in [1.82, 2.24) is 19.4 Å². The molecule has 2 saturated heterocycles. The van der Waals surface area contributed by atoms with Crippen LogP contribution in [0.4, 0.5) is 13.6 Å². The van der Waals surface area contributed by atoms with Gasteiger partial charge in [0.05, 0.1) is 41.7 Å². The van der Waals surface area contributed by atoms with Gasteiger partial charge in [0.15, 0.2) is 0 Å². The number of aliphatic hydroxyl groups is 1. The predicted octanol–water partition coefficient (Wildman–Crippen LogP) is 5.11. The van der Waals surface area contributed by atoms with E-state index < -0.39 is 45.3 Å². The Morgan fingerprint density at radius 3 is 2.49 bits per heavy atom. The topological polar surface area (TPSA) is 119 Å². The Morgan fingerprint density at radius 2 is 1.77 bits per heavy atom. The molecule has 2 amide bonds. The number of benzene rings is 2. The van der Waals surface area contributed by atoms with Crippen molar-refractivity contribution in [2.75, 3.05) is 31.1 Å². The van der Waals surface area contributed by atoms with Crippen molar-refractivity contribution < 1.29 is 27.8 Å². The zero-order chi connectivity index (χ0) is 30.4. The van der Waals surface area contributed by atoms with Crippen LogP contribution in [-0.2, 0) is 6.54 Å². The van der Waals surface area contributed by atoms with E-state index in [2.05, 4.69) is 4.98 Å². The van der Waals surface area contributed by atoms with Crippen LogP contribution in [0, 0.1) is 17.0 Å². The van der Waals surface area contributed by atoms with Gasteiger partial charge >= 0.3 is 6.03 Å². The number of carbonyl (C=O) groups excluding carboxylic acids is 1. The quantitative estimate of drug-likeness (QED) is 0.376. The van der Waals surface area contributed by atoms with Crippen LogP contribution in [0.1, 0.15) is 43.7 Å². The second kappa shape index (κ2) is 11.3. The van der Waals surface area contributed by atoms with Gasteiger partial charge in [-0.05, 0) is 37.5 Å². The van der Waals surface area contributed by atoms with Gasteiger partial charge in [0.2, 0.25) is 0 Å². The number of nitrogens with zero attached hydrogens (tertiary/aromatic N) is 4. The van der Waals surface area contributed by atoms with Crippen LogP contribution in [0.2, 0.25) is 0 Å². The normalized spacial score (nSPS) is 25.6. The SMILES string of the molecule is O=C(N1CC[C@@](O)(Cn2cnc(-c3ccccc3)cc2=O)C2(CCCC2)C1)N1CCS(O)(O)C[C@H]1c1cc(F)ccc1F. The third-order valence-electron chi connectivity index (χ3n) is 9.51. The number of hydrogen-bond donors (Lipinski definition) is 3. The molecule has 2 aromatic carbocycles. The molecule has 3 heterocycles. The highest BCUT2D eigenvalue weighted by atomic mass is 32.3. The standard InChI is InChI=1S/C31H36F2N4O5S/c32-23-8-9-25(33)24(16-23)27-18-43(41,42)15-14-37(27)29(39)35-13-12-31(40,30(19-35)10-4-5-11-30)20-36-21-34-26(17-28(36)38)22-6-2-1-3-7-22/h1-3,6-9,16-17,21,27,40-42H,4-5,10-15,18-20H2/t27-,31+/m0/s1. The largest absolute Gasteiger partial charge is 0.387 e. The van der Waals surface area contributed by atoms with Gasteiger partial charge in [-0.1, -0.05) is 43.2 Å². The monoisotopic (exact) mass is 614 g/mol. The zero-order valence-electron chi connectivity index (χ0n) is 23.7. The summed E-state index contributed by atoms with van der Waals surface area (Å²) >= 11 is 0. The maximum Gasteiger partial charge on any atom is 0.320 e. The van der Waals surface area contributed by atoms with E-state index >= 15 is 0 Å². The van der Waals surface area contributed by atoms with Crippen LogP contribution in [0.5, 0.6) is 0 Å². The molecule has 3 aliphatic rings. The number of rotatable bonds is 4. The maximum absolute atomic E-state index is 14.8. The van der Waals surface area contributed by atoms with Crippen molar-refractivity contribution in [3.63, 3.8) is 0 Å². The van der Waals surface area contributed by atoms with Crippen LogP contribution in [0.3, 0.4) is 0 Å². The Labute approximate surface area is 250 Å². The van der Waals surface area contributed by atoms with Gasteiger partial charge < -0.3 is 14.9 Å². The lowest BCUT2D eigenvalue weighted by Gasteiger charge is -2.54. The van der Waals surface area contributed by atoms with Gasteiger partial charge in [-0.2, -0.15) is 10.6 Å². The van der Waals surface area contributed by atoms with E-state index in [-0.39, 0.29) is 55.2 Å². The number of likely N-dealkylation sites (tertiary alicyclic amines) is 1. The molecule has 230 valence electrons. The number of carbonyl (C=O) groups is 1. The van der Waals surface area contributed by atoms with Crippen LogP contribution in [0.25, 0.3) is 11.3 Å². The maximum atomic E-state index is 14.8. The lowest BCUT2D eigenvalue weighted by molar-refractivity contribution is -0.136. The molecule has 0 bridgehead atoms. The molecule has 3 fully saturated rings. The van der Waals surface area contributed by atoms with E-state index in [1.54, 1.807) is 4.90 Å². The molecular formula is C31H36F2N4O5S. The Morgan fingerprint density at radius 1 is 1.02 bits per heavy atom. The van der Waals surface area contributed by atoms with Crippen molar-refractivity contribution in [3.8, 4) is 11.3 Å². The zero-order valence-corrected chi connectivity index (χ0v) is 24.6. The number of halogens is 2. The average Bonchev–Trinajstić information content (AvgIpc) is 3.46. The molecule has 1 aliphatic carbocycles. The number of urea groups is 1. The van der Waals surface area contributed by atoms with E-state index in [1.165, 1.54) is 21.9 Å². The summed E-state index contributed by atoms with van der Waals surface area (Å²) < 4.78 is 51.3. The van der Waals surface area contributed by atoms with Crippen LogP contribution in [0.15, 0.2) is 65.7 Å². The summed E-state index contributed by atoms with van der Waals surface area (Å²) in [5.74, 6) is -1.74. The Kier molecular flexibility index (Phi) is 7.82. The van der Waals surface area contributed by atoms with Gasteiger partial charge in [0.25, 0.3) is 5.56 Å². The third kappa shape index (κ3) is 5.68. The van der Waals surface area contributed by atoms with E-state index in [0.717, 1.165) is 36.6 Å². The second-order valence-corrected chi connectivity index (χ2v) is 14.5. The van der Waals surface area contributed by atoms with Crippen molar-refractivity contribution in [2.45, 2.75) is 50.3 Å². The lowest BCUT2D eigenvalue weighted by atomic mass is 9.66. The summed E-state index contributed by atoms with van der Waals surface area (Å²) in [6.45, 7) is 0.437. The highest BCUT2D eigenvalue weighted by Crippen LogP contribution is 2.53. The number of amides is 2. The molecule has 2 atom stereocenters. The summed E-state index contributed by atoms with van der Waals surface area (Å²) in [7, 11) is -3.09. The van der Waals surface area contributed by atoms with Crippen molar-refractivity contribution in [3.05, 3.63) is 88.5 Å². The first-order valence-corrected chi connectivity index (χ1v) is 16.5. The summed E-state index contributed by atoms with van der Waals surface area (Å²) in [4.78, 5) is 34.7. The van der Waals surface area contributed by atoms with Crippen LogP contribution >= 0.6 is 10.6 Å². The van der Waals surface area contributed by atoms with Gasteiger partial charge in [-0.3, -0.25) is 18.5 Å². The van der Waals surface area contributed by atoms with Gasteiger partial charge in [0, 0.05) is 42.2 Å². The van der Waals surface area contributed by atoms with E-state index in [0.29, 0.717) is 18.5 Å². The van der Waals surface area contributed by atoms with Crippen LogP contribution in [-0.4, -0.2) is 76.3 Å². The Balaban J connectivity index is 1.25. The Hall–Kier alpha value is -3.32. The van der Waals surface area contributed by atoms with Gasteiger partial charge in [0.1, 0.15) is 11.6 Å². The molecule has 1 aromatic heterocycles. The first kappa shape index (κ1) is 29.7. The molecule has 43 heavy (non-hydrogen) atoms. The molecule has 6 rings (SSSR count). The smallest absolute Gasteiger partial charge is 0.320 e. The van der Waals surface area contributed by atoms with Gasteiger partial charge in [-0.15, -0.1) is 0 Å². The summed E-state index contributed by atoms with van der Waals surface area (Å²) in [6, 6.07) is 12.3. The number of hydrogen-bond acceptors (Lipinski definition) is 6. The van der Waals surface area contributed by atoms with E-state index in [9.17, 15) is 32.6 Å². The van der Waals surface area contributed by atoms with E-state index in [1.807, 2.05) is 30.3 Å². The predicted molar refractivity (Wildman–Crippen MR) is 160 cm³/mol. The van der Waals surface area contributed by atoms with Gasteiger partial charge in [-0.25, -0.2) is 18.6 Å². The third-order valence-corrected chi connectivity index (χ3v) is 11.2. The fourth-order valence-electron chi connectivity index (χ4n) is 7.12. The summed E-state index contributed by atoms with van der Waals surface area (Å²) in [5, 5.41) is 12.2. The molecule has 2 aliphatic heterocycles. The first-order chi connectivity index (χ1) is 20.5. The van der Waals surface area contributed by atoms with Crippen molar-refractivity contribution in [1.29, 1.82) is 0 Å². The summed E-state index contributed by atoms with van der Waals surface area (Å²) in [6.07, 6.45) is 4.75. The molecule has 9 nitrogen and oxygen atoms in total. The minimum atomic E-state index is -3.09. The molecule has 1 saturated carbocycles. The van der Waals surface area contributed by atoms with Crippen molar-refractivity contribution >= 4 is 16.6 Å². The molecule has 12 heteroatoms. The average molecular weight is 615 g/mol. The Bertz CT molecular complexity index is 1570. The minimum Gasteiger partial charge on any atom is -0.387 e. The fourth-order valence-corrected chi connectivity index (χ4v) is 8.64. The molecule has 1 spiro atoms. The first-order valence-electron chi connectivity index (χ1n) is 14.6. The number of aromatic nitrogens is 2.